The zero-order valence-corrected chi connectivity index (χ0v) is 13.7. The van der Waals surface area contributed by atoms with Crippen molar-refractivity contribution in [2.75, 3.05) is 0 Å². The predicted octanol–water partition coefficient (Wildman–Crippen LogP) is 3.14. The van der Waals surface area contributed by atoms with E-state index < -0.39 is 0 Å². The highest BCUT2D eigenvalue weighted by atomic mass is 127. The van der Waals surface area contributed by atoms with Crippen LogP contribution in [-0.2, 0) is 0 Å². The molecule has 0 aliphatic rings. The van der Waals surface area contributed by atoms with Gasteiger partial charge in [-0.15, -0.1) is 0 Å². The fourth-order valence-electron chi connectivity index (χ4n) is 1.92. The standard InChI is InChI=1S/C7H6IN3.C7H7N3/c1-4-2-6-5(3-9-4)7(8)11-10-6;1-5-2-7-6(3-8-5)4-9-10-7/h2-3H,1H3,(H,10,11);2-4H,1H3,(H,9,10). The van der Waals surface area contributed by atoms with Crippen LogP contribution in [0.1, 0.15) is 11.4 Å². The number of H-pyrrole nitrogens is 2. The number of aryl methyl sites for hydroxylation is 2. The Kier molecular flexibility index (Phi) is 3.82. The Morgan fingerprint density at radius 1 is 0.952 bits per heavy atom. The van der Waals surface area contributed by atoms with Crippen LogP contribution in [0.15, 0.2) is 30.7 Å². The van der Waals surface area contributed by atoms with Crippen LogP contribution in [0.25, 0.3) is 21.8 Å². The Hall–Kier alpha value is -2.03. The molecule has 0 aromatic carbocycles. The Balaban J connectivity index is 0.000000126. The van der Waals surface area contributed by atoms with E-state index in [4.69, 9.17) is 0 Å². The lowest BCUT2D eigenvalue weighted by Gasteiger charge is -1.89. The molecule has 0 unspecified atom stereocenters. The first-order valence-corrected chi connectivity index (χ1v) is 7.43. The molecule has 0 amide bonds. The van der Waals surface area contributed by atoms with Crippen molar-refractivity contribution in [2.45, 2.75) is 13.8 Å². The van der Waals surface area contributed by atoms with E-state index in [0.29, 0.717) is 0 Å². The summed E-state index contributed by atoms with van der Waals surface area (Å²) in [5.41, 5.74) is 4.05. The third-order valence-electron chi connectivity index (χ3n) is 2.99. The van der Waals surface area contributed by atoms with Crippen molar-refractivity contribution in [1.29, 1.82) is 0 Å². The van der Waals surface area contributed by atoms with Gasteiger partial charge < -0.3 is 0 Å². The molecule has 4 aromatic heterocycles. The summed E-state index contributed by atoms with van der Waals surface area (Å²) < 4.78 is 1.05. The van der Waals surface area contributed by atoms with E-state index in [9.17, 15) is 0 Å². The minimum atomic E-state index is 0.988. The summed E-state index contributed by atoms with van der Waals surface area (Å²) in [6.07, 6.45) is 5.42. The fraction of sp³-hybridized carbons (Fsp3) is 0.143. The smallest absolute Gasteiger partial charge is 0.105 e. The summed E-state index contributed by atoms with van der Waals surface area (Å²) in [6, 6.07) is 3.94. The van der Waals surface area contributed by atoms with Gasteiger partial charge in [0.25, 0.3) is 0 Å². The van der Waals surface area contributed by atoms with Crippen LogP contribution < -0.4 is 0 Å². The maximum absolute atomic E-state index is 4.18. The Morgan fingerprint density at radius 2 is 1.71 bits per heavy atom. The second-order valence-corrected chi connectivity index (χ2v) is 5.74. The molecule has 4 aromatic rings. The van der Waals surface area contributed by atoms with Crippen molar-refractivity contribution in [3.63, 3.8) is 0 Å². The Morgan fingerprint density at radius 3 is 2.57 bits per heavy atom. The third-order valence-corrected chi connectivity index (χ3v) is 3.81. The maximum atomic E-state index is 4.18. The molecule has 0 radical (unpaired) electrons. The number of fused-ring (bicyclic) bond motifs is 2. The number of halogens is 1. The molecule has 106 valence electrons. The molecule has 0 aliphatic heterocycles. The van der Waals surface area contributed by atoms with E-state index in [0.717, 1.165) is 36.9 Å². The van der Waals surface area contributed by atoms with Crippen molar-refractivity contribution >= 4 is 44.4 Å². The van der Waals surface area contributed by atoms with Crippen molar-refractivity contribution in [2.24, 2.45) is 0 Å². The molecule has 0 aliphatic carbocycles. The van der Waals surface area contributed by atoms with Gasteiger partial charge in [-0.2, -0.15) is 10.2 Å². The van der Waals surface area contributed by atoms with Crippen LogP contribution in [0.2, 0.25) is 0 Å². The molecule has 21 heavy (non-hydrogen) atoms. The highest BCUT2D eigenvalue weighted by Gasteiger charge is 2.01. The van der Waals surface area contributed by atoms with Crippen molar-refractivity contribution in [1.82, 2.24) is 30.4 Å². The monoisotopic (exact) mass is 392 g/mol. The van der Waals surface area contributed by atoms with E-state index in [-0.39, 0.29) is 0 Å². The lowest BCUT2D eigenvalue weighted by Crippen LogP contribution is -1.78. The number of aromatic amines is 2. The summed E-state index contributed by atoms with van der Waals surface area (Å²) in [5.74, 6) is 0. The zero-order valence-electron chi connectivity index (χ0n) is 11.6. The lowest BCUT2D eigenvalue weighted by molar-refractivity contribution is 1.09. The van der Waals surface area contributed by atoms with E-state index >= 15 is 0 Å². The molecule has 7 heteroatoms. The largest absolute Gasteiger partial charge is 0.278 e. The van der Waals surface area contributed by atoms with Gasteiger partial charge in [0.15, 0.2) is 0 Å². The van der Waals surface area contributed by atoms with Gasteiger partial charge in [0.05, 0.1) is 22.6 Å². The van der Waals surface area contributed by atoms with Crippen molar-refractivity contribution in [3.05, 3.63) is 45.8 Å². The number of nitrogens with zero attached hydrogens (tertiary/aromatic N) is 4. The lowest BCUT2D eigenvalue weighted by atomic mass is 10.3. The van der Waals surface area contributed by atoms with Gasteiger partial charge in [0.2, 0.25) is 0 Å². The molecule has 0 bridgehead atoms. The van der Waals surface area contributed by atoms with Crippen LogP contribution in [0.5, 0.6) is 0 Å². The van der Waals surface area contributed by atoms with Crippen LogP contribution >= 0.6 is 22.6 Å². The fourth-order valence-corrected chi connectivity index (χ4v) is 2.45. The normalized spacial score (nSPS) is 10.6. The highest BCUT2D eigenvalue weighted by molar-refractivity contribution is 14.1. The van der Waals surface area contributed by atoms with Gasteiger partial charge in [-0.1, -0.05) is 0 Å². The van der Waals surface area contributed by atoms with Gasteiger partial charge in [-0.3, -0.25) is 20.2 Å². The van der Waals surface area contributed by atoms with Gasteiger partial charge in [-0.05, 0) is 48.6 Å². The van der Waals surface area contributed by atoms with E-state index in [2.05, 4.69) is 53.0 Å². The highest BCUT2D eigenvalue weighted by Crippen LogP contribution is 2.16. The van der Waals surface area contributed by atoms with Gasteiger partial charge in [0, 0.05) is 29.2 Å². The van der Waals surface area contributed by atoms with Crippen molar-refractivity contribution < 1.29 is 0 Å². The summed E-state index contributed by atoms with van der Waals surface area (Å²) in [6.45, 7) is 3.92. The van der Waals surface area contributed by atoms with Crippen LogP contribution in [0.3, 0.4) is 0 Å². The second kappa shape index (κ2) is 5.76. The number of aromatic nitrogens is 6. The van der Waals surface area contributed by atoms with Gasteiger partial charge >= 0.3 is 0 Å². The first kappa shape index (κ1) is 13.9. The molecule has 0 saturated carbocycles. The van der Waals surface area contributed by atoms with E-state index in [1.165, 1.54) is 0 Å². The molecule has 4 heterocycles. The molecule has 2 N–H and O–H groups in total. The summed E-state index contributed by atoms with van der Waals surface area (Å²) in [5, 5.41) is 15.9. The SMILES string of the molecule is Cc1cc2[nH]ncc2cn1.Cc1cc2n[nH]c(I)c2cn1. The molecule has 0 atom stereocenters. The van der Waals surface area contributed by atoms with Crippen LogP contribution in [-0.4, -0.2) is 30.4 Å². The topological polar surface area (TPSA) is 83.1 Å². The van der Waals surface area contributed by atoms with Crippen molar-refractivity contribution in [3.8, 4) is 0 Å². The Labute approximate surface area is 134 Å². The predicted molar refractivity (Wildman–Crippen MR) is 90.0 cm³/mol. The quantitative estimate of drug-likeness (QED) is 0.451. The first-order chi connectivity index (χ1) is 10.1. The summed E-state index contributed by atoms with van der Waals surface area (Å²) in [7, 11) is 0. The average molecular weight is 392 g/mol. The van der Waals surface area contributed by atoms with E-state index in [1.807, 2.05) is 38.4 Å². The molecule has 6 nitrogen and oxygen atoms in total. The third kappa shape index (κ3) is 3.02. The maximum Gasteiger partial charge on any atom is 0.105 e. The number of hydrogen-bond acceptors (Lipinski definition) is 4. The van der Waals surface area contributed by atoms with Gasteiger partial charge in [0.1, 0.15) is 3.70 Å². The zero-order chi connectivity index (χ0) is 14.8. The molecular formula is C14H13IN6. The number of rotatable bonds is 0. The number of hydrogen-bond donors (Lipinski definition) is 2. The molecular weight excluding hydrogens is 379 g/mol. The Bertz CT molecular complexity index is 895. The number of nitrogens with one attached hydrogen (secondary N) is 2. The summed E-state index contributed by atoms with van der Waals surface area (Å²) >= 11 is 2.21. The molecule has 4 rings (SSSR count). The van der Waals surface area contributed by atoms with Crippen LogP contribution in [0.4, 0.5) is 0 Å². The molecule has 0 fully saturated rings. The minimum absolute atomic E-state index is 0.988. The summed E-state index contributed by atoms with van der Waals surface area (Å²) in [4.78, 5) is 8.30. The molecule has 0 saturated heterocycles. The van der Waals surface area contributed by atoms with Crippen LogP contribution in [0, 0.1) is 17.5 Å². The van der Waals surface area contributed by atoms with Gasteiger partial charge in [-0.25, -0.2) is 0 Å². The molecule has 0 spiro atoms. The minimum Gasteiger partial charge on any atom is -0.278 e. The second-order valence-electron chi connectivity index (χ2n) is 4.66. The number of pyridine rings is 2. The first-order valence-electron chi connectivity index (χ1n) is 6.35. The average Bonchev–Trinajstić information content (AvgIpc) is 3.06. The van der Waals surface area contributed by atoms with E-state index in [1.54, 1.807) is 6.20 Å².